The van der Waals surface area contributed by atoms with Gasteiger partial charge in [-0.05, 0) is 31.9 Å². The van der Waals surface area contributed by atoms with Crippen LogP contribution >= 0.6 is 23.2 Å². The standard InChI is InChI=1S/C18H23Cl2N5O3/c1-11-17(23-24-22-11)18(27)21-9-12(26)10-25-6-4-13(5-7-25)28-14-2-3-15(19)16(20)8-14/h2-3,8,12-13,26H,4-7,9-10H2,1H3,(H,21,27)(H,22,23,24)/t12-/m1/s1. The maximum absolute atomic E-state index is 12.0. The van der Waals surface area contributed by atoms with Gasteiger partial charge in [0.2, 0.25) is 0 Å². The average molecular weight is 428 g/mol. The summed E-state index contributed by atoms with van der Waals surface area (Å²) in [5, 5.41) is 23.8. The second-order valence-corrected chi connectivity index (χ2v) is 7.66. The molecule has 0 spiro atoms. The van der Waals surface area contributed by atoms with Gasteiger partial charge in [0.05, 0.1) is 21.8 Å². The number of likely N-dealkylation sites (tertiary alicyclic amines) is 1. The van der Waals surface area contributed by atoms with Gasteiger partial charge in [-0.2, -0.15) is 0 Å². The largest absolute Gasteiger partial charge is 0.490 e. The molecule has 3 rings (SSSR count). The van der Waals surface area contributed by atoms with Crippen molar-refractivity contribution in [3.63, 3.8) is 0 Å². The molecule has 0 radical (unpaired) electrons. The van der Waals surface area contributed by atoms with E-state index in [1.54, 1.807) is 19.1 Å². The maximum Gasteiger partial charge on any atom is 0.273 e. The highest BCUT2D eigenvalue weighted by Gasteiger charge is 2.23. The van der Waals surface area contributed by atoms with E-state index in [0.29, 0.717) is 28.0 Å². The molecule has 0 saturated carbocycles. The van der Waals surface area contributed by atoms with Crippen molar-refractivity contribution in [2.45, 2.75) is 32.0 Å². The van der Waals surface area contributed by atoms with Gasteiger partial charge in [0.1, 0.15) is 11.9 Å². The zero-order valence-corrected chi connectivity index (χ0v) is 17.0. The van der Waals surface area contributed by atoms with Crippen molar-refractivity contribution in [3.8, 4) is 5.75 Å². The third kappa shape index (κ3) is 5.57. The molecular formula is C18H23Cl2N5O3. The zero-order valence-electron chi connectivity index (χ0n) is 15.5. The number of carbonyl (C=O) groups excluding carboxylic acids is 1. The molecule has 3 N–H and O–H groups in total. The summed E-state index contributed by atoms with van der Waals surface area (Å²) in [6.45, 7) is 3.97. The predicted molar refractivity (Wildman–Crippen MR) is 106 cm³/mol. The number of nitrogens with one attached hydrogen (secondary N) is 2. The summed E-state index contributed by atoms with van der Waals surface area (Å²) in [7, 11) is 0. The summed E-state index contributed by atoms with van der Waals surface area (Å²) in [5.41, 5.74) is 0.837. The normalized spacial score (nSPS) is 16.7. The lowest BCUT2D eigenvalue weighted by Gasteiger charge is -2.33. The Morgan fingerprint density at radius 3 is 2.79 bits per heavy atom. The number of H-pyrrole nitrogens is 1. The number of rotatable bonds is 7. The smallest absolute Gasteiger partial charge is 0.273 e. The molecule has 1 amide bonds. The minimum Gasteiger partial charge on any atom is -0.490 e. The number of β-amino-alcohol motifs (C(OH)–C–C–N with tert-alkyl or cyclic N) is 1. The Labute approximate surface area is 173 Å². The second-order valence-electron chi connectivity index (χ2n) is 6.84. The van der Waals surface area contributed by atoms with Crippen LogP contribution in [0.5, 0.6) is 5.75 Å². The number of aryl methyl sites for hydroxylation is 1. The summed E-state index contributed by atoms with van der Waals surface area (Å²) in [6.07, 6.45) is 1.12. The van der Waals surface area contributed by atoms with Crippen LogP contribution in [-0.2, 0) is 0 Å². The Kier molecular flexibility index (Phi) is 7.12. The van der Waals surface area contributed by atoms with Gasteiger partial charge in [0, 0.05) is 32.2 Å². The summed E-state index contributed by atoms with van der Waals surface area (Å²) >= 11 is 11.9. The first-order valence-corrected chi connectivity index (χ1v) is 9.86. The Morgan fingerprint density at radius 1 is 1.39 bits per heavy atom. The highest BCUT2D eigenvalue weighted by molar-refractivity contribution is 6.42. The van der Waals surface area contributed by atoms with Crippen molar-refractivity contribution in [1.29, 1.82) is 0 Å². The summed E-state index contributed by atoms with van der Waals surface area (Å²) in [4.78, 5) is 14.2. The number of piperidine rings is 1. The van der Waals surface area contributed by atoms with Crippen molar-refractivity contribution < 1.29 is 14.6 Å². The van der Waals surface area contributed by atoms with Crippen LogP contribution in [0.4, 0.5) is 0 Å². The molecule has 1 atom stereocenters. The van der Waals surface area contributed by atoms with E-state index in [9.17, 15) is 9.90 Å². The lowest BCUT2D eigenvalue weighted by Crippen LogP contribution is -2.45. The maximum atomic E-state index is 12.0. The first kappa shape index (κ1) is 20.9. The Balaban J connectivity index is 1.38. The monoisotopic (exact) mass is 427 g/mol. The molecule has 2 aromatic rings. The van der Waals surface area contributed by atoms with Crippen LogP contribution in [0.15, 0.2) is 18.2 Å². The number of carbonyl (C=O) groups is 1. The molecule has 1 aliphatic heterocycles. The molecule has 1 aromatic carbocycles. The molecule has 10 heteroatoms. The Bertz CT molecular complexity index is 808. The van der Waals surface area contributed by atoms with Crippen LogP contribution in [0.25, 0.3) is 0 Å². The molecule has 152 valence electrons. The fourth-order valence-corrected chi connectivity index (χ4v) is 3.39. The Morgan fingerprint density at radius 2 is 2.14 bits per heavy atom. The van der Waals surface area contributed by atoms with E-state index in [-0.39, 0.29) is 24.2 Å². The fourth-order valence-electron chi connectivity index (χ4n) is 3.10. The number of aliphatic hydroxyl groups is 1. The van der Waals surface area contributed by atoms with Crippen molar-refractivity contribution in [2.24, 2.45) is 0 Å². The molecule has 1 fully saturated rings. The zero-order chi connectivity index (χ0) is 20.1. The summed E-state index contributed by atoms with van der Waals surface area (Å²) in [6, 6.07) is 5.25. The second kappa shape index (κ2) is 9.56. The first-order valence-electron chi connectivity index (χ1n) is 9.10. The van der Waals surface area contributed by atoms with Crippen LogP contribution in [0.3, 0.4) is 0 Å². The van der Waals surface area contributed by atoms with E-state index in [1.807, 2.05) is 6.07 Å². The van der Waals surface area contributed by atoms with Crippen LogP contribution in [0, 0.1) is 6.92 Å². The number of halogens is 2. The molecule has 2 heterocycles. The van der Waals surface area contributed by atoms with Gasteiger partial charge in [-0.25, -0.2) is 0 Å². The van der Waals surface area contributed by atoms with E-state index in [2.05, 4.69) is 25.6 Å². The lowest BCUT2D eigenvalue weighted by atomic mass is 10.1. The molecule has 1 saturated heterocycles. The van der Waals surface area contributed by atoms with E-state index in [4.69, 9.17) is 27.9 Å². The van der Waals surface area contributed by atoms with Crippen molar-refractivity contribution >= 4 is 29.1 Å². The molecule has 0 aliphatic carbocycles. The number of amides is 1. The molecule has 0 bridgehead atoms. The molecule has 1 aromatic heterocycles. The summed E-state index contributed by atoms with van der Waals surface area (Å²) < 4.78 is 5.97. The number of aromatic amines is 1. The van der Waals surface area contributed by atoms with Gasteiger partial charge in [-0.3, -0.25) is 9.89 Å². The molecule has 8 nitrogen and oxygen atoms in total. The first-order chi connectivity index (χ1) is 13.4. The highest BCUT2D eigenvalue weighted by atomic mass is 35.5. The summed E-state index contributed by atoms with van der Waals surface area (Å²) in [5.74, 6) is 0.359. The van der Waals surface area contributed by atoms with E-state index >= 15 is 0 Å². The van der Waals surface area contributed by atoms with Gasteiger partial charge in [0.25, 0.3) is 5.91 Å². The van der Waals surface area contributed by atoms with Gasteiger partial charge in [-0.15, -0.1) is 5.10 Å². The van der Waals surface area contributed by atoms with Crippen molar-refractivity contribution in [2.75, 3.05) is 26.2 Å². The average Bonchev–Trinajstić information content (AvgIpc) is 3.10. The molecule has 1 aliphatic rings. The number of nitrogens with zero attached hydrogens (tertiary/aromatic N) is 3. The van der Waals surface area contributed by atoms with Gasteiger partial charge < -0.3 is 20.1 Å². The third-order valence-electron chi connectivity index (χ3n) is 4.63. The van der Waals surface area contributed by atoms with Gasteiger partial charge >= 0.3 is 0 Å². The molecule has 0 unspecified atom stereocenters. The number of ether oxygens (including phenoxy) is 1. The molecular weight excluding hydrogens is 405 g/mol. The quantitative estimate of drug-likeness (QED) is 0.624. The third-order valence-corrected chi connectivity index (χ3v) is 5.37. The minimum atomic E-state index is -0.663. The van der Waals surface area contributed by atoms with E-state index in [1.165, 1.54) is 0 Å². The molecule has 28 heavy (non-hydrogen) atoms. The SMILES string of the molecule is Cc1[nH]nnc1C(=O)NC[C@@H](O)CN1CCC(Oc2ccc(Cl)c(Cl)c2)CC1. The van der Waals surface area contributed by atoms with E-state index < -0.39 is 6.10 Å². The lowest BCUT2D eigenvalue weighted by molar-refractivity contribution is 0.0593. The minimum absolute atomic E-state index is 0.0977. The number of aliphatic hydroxyl groups excluding tert-OH is 1. The topological polar surface area (TPSA) is 103 Å². The van der Waals surface area contributed by atoms with Crippen LogP contribution < -0.4 is 10.1 Å². The van der Waals surface area contributed by atoms with Crippen LogP contribution in [-0.4, -0.2) is 69.7 Å². The number of aromatic nitrogens is 3. The van der Waals surface area contributed by atoms with Crippen molar-refractivity contribution in [3.05, 3.63) is 39.6 Å². The number of hydrogen-bond acceptors (Lipinski definition) is 6. The Hall–Kier alpha value is -1.87. The highest BCUT2D eigenvalue weighted by Crippen LogP contribution is 2.28. The van der Waals surface area contributed by atoms with Crippen molar-refractivity contribution in [1.82, 2.24) is 25.6 Å². The predicted octanol–water partition coefficient (Wildman–Crippen LogP) is 2.05. The van der Waals surface area contributed by atoms with Gasteiger partial charge in [-0.1, -0.05) is 28.4 Å². The number of benzene rings is 1. The van der Waals surface area contributed by atoms with Gasteiger partial charge in [0.15, 0.2) is 5.69 Å². The fraction of sp³-hybridized carbons (Fsp3) is 0.500. The van der Waals surface area contributed by atoms with Crippen LogP contribution in [0.2, 0.25) is 10.0 Å². The van der Waals surface area contributed by atoms with Crippen LogP contribution in [0.1, 0.15) is 29.0 Å². The van der Waals surface area contributed by atoms with E-state index in [0.717, 1.165) is 25.9 Å². The number of hydrogen-bond donors (Lipinski definition) is 3.